The number of nitrogens with one attached hydrogen (secondary N) is 1. The highest BCUT2D eigenvalue weighted by molar-refractivity contribution is 5.99. The minimum absolute atomic E-state index is 0. The van der Waals surface area contributed by atoms with E-state index in [9.17, 15) is 10.1 Å². The topological polar surface area (TPSA) is 81.2 Å². The summed E-state index contributed by atoms with van der Waals surface area (Å²) in [7, 11) is 0. The molecule has 0 unspecified atom stereocenters. The molecule has 0 bridgehead atoms. The monoisotopic (exact) mass is 303 g/mol. The molecule has 0 aliphatic carbocycles. The van der Waals surface area contributed by atoms with Gasteiger partial charge in [-0.15, -0.1) is 24.8 Å². The summed E-state index contributed by atoms with van der Waals surface area (Å²) in [6.45, 7) is 1.16. The molecule has 0 amide bonds. The second-order valence-electron chi connectivity index (χ2n) is 3.65. The van der Waals surface area contributed by atoms with Crippen LogP contribution in [0, 0.1) is 10.1 Å². The predicted molar refractivity (Wildman–Crippen MR) is 82.6 cm³/mol. The molecule has 3 N–H and O–H groups in total. The number of hydrogen-bond donors (Lipinski definition) is 2. The van der Waals surface area contributed by atoms with Crippen molar-refractivity contribution in [2.24, 2.45) is 5.73 Å². The number of halogens is 2. The van der Waals surface area contributed by atoms with Crippen LogP contribution < -0.4 is 11.1 Å². The van der Waals surface area contributed by atoms with E-state index in [4.69, 9.17) is 5.73 Å². The highest BCUT2D eigenvalue weighted by Crippen LogP contribution is 2.30. The zero-order chi connectivity index (χ0) is 12.3. The Kier molecular flexibility index (Phi) is 7.14. The van der Waals surface area contributed by atoms with Gasteiger partial charge in [-0.2, -0.15) is 0 Å². The normalized spacial score (nSPS) is 9.32. The average molecular weight is 304 g/mol. The van der Waals surface area contributed by atoms with E-state index in [1.807, 2.05) is 12.1 Å². The van der Waals surface area contributed by atoms with Crippen LogP contribution in [0.2, 0.25) is 0 Å². The molecule has 0 aliphatic rings. The Morgan fingerprint density at radius 3 is 2.32 bits per heavy atom. The molecule has 0 aliphatic heterocycles. The first-order valence-electron chi connectivity index (χ1n) is 5.34. The van der Waals surface area contributed by atoms with Crippen LogP contribution in [0.1, 0.15) is 0 Å². The summed E-state index contributed by atoms with van der Waals surface area (Å²) in [5.74, 6) is 0. The summed E-state index contributed by atoms with van der Waals surface area (Å²) in [5, 5.41) is 15.5. The lowest BCUT2D eigenvalue weighted by Gasteiger charge is -2.08. The molecule has 0 spiro atoms. The van der Waals surface area contributed by atoms with Crippen molar-refractivity contribution in [3.05, 3.63) is 46.5 Å². The van der Waals surface area contributed by atoms with Gasteiger partial charge in [-0.3, -0.25) is 10.1 Å². The van der Waals surface area contributed by atoms with Crippen LogP contribution in [0.3, 0.4) is 0 Å². The van der Waals surface area contributed by atoms with E-state index in [1.165, 1.54) is 6.07 Å². The molecule has 0 radical (unpaired) electrons. The summed E-state index contributed by atoms with van der Waals surface area (Å²) in [5.41, 5.74) is 6.42. The zero-order valence-corrected chi connectivity index (χ0v) is 11.7. The molecule has 2 rings (SSSR count). The standard InChI is InChI=1S/C12H13N3O2.2ClH/c13-7-8-14-11-5-6-12(15(16)17)10-4-2-1-3-9(10)11;;/h1-6,14H,7-8,13H2;2*1H. The summed E-state index contributed by atoms with van der Waals surface area (Å²) < 4.78 is 0. The highest BCUT2D eigenvalue weighted by Gasteiger charge is 2.13. The maximum Gasteiger partial charge on any atom is 0.277 e. The van der Waals surface area contributed by atoms with Gasteiger partial charge in [-0.25, -0.2) is 0 Å². The van der Waals surface area contributed by atoms with Gasteiger partial charge in [0.25, 0.3) is 5.69 Å². The Balaban J connectivity index is 0.00000162. The van der Waals surface area contributed by atoms with Crippen LogP contribution in [-0.4, -0.2) is 18.0 Å². The van der Waals surface area contributed by atoms with Crippen LogP contribution in [0.5, 0.6) is 0 Å². The summed E-state index contributed by atoms with van der Waals surface area (Å²) in [6, 6.07) is 10.5. The molecule has 0 aromatic heterocycles. The molecule has 0 saturated heterocycles. The average Bonchev–Trinajstić information content (AvgIpc) is 2.35. The van der Waals surface area contributed by atoms with Gasteiger partial charge >= 0.3 is 0 Å². The van der Waals surface area contributed by atoms with Gasteiger partial charge in [0, 0.05) is 30.2 Å². The van der Waals surface area contributed by atoms with Crippen LogP contribution in [0.4, 0.5) is 11.4 Å². The van der Waals surface area contributed by atoms with E-state index < -0.39 is 0 Å². The number of anilines is 1. The molecule has 0 saturated carbocycles. The van der Waals surface area contributed by atoms with E-state index in [1.54, 1.807) is 18.2 Å². The lowest BCUT2D eigenvalue weighted by Crippen LogP contribution is -2.13. The van der Waals surface area contributed by atoms with E-state index >= 15 is 0 Å². The fourth-order valence-electron chi connectivity index (χ4n) is 1.80. The number of nitrogens with zero attached hydrogens (tertiary/aromatic N) is 1. The molecule has 7 heteroatoms. The third-order valence-corrected chi connectivity index (χ3v) is 2.56. The first-order chi connectivity index (χ1) is 8.24. The molecule has 19 heavy (non-hydrogen) atoms. The smallest absolute Gasteiger partial charge is 0.277 e. The van der Waals surface area contributed by atoms with Crippen molar-refractivity contribution >= 4 is 47.0 Å². The van der Waals surface area contributed by atoms with Gasteiger partial charge in [-0.1, -0.05) is 18.2 Å². The minimum atomic E-state index is -0.366. The van der Waals surface area contributed by atoms with Gasteiger partial charge in [-0.05, 0) is 12.1 Å². The number of hydrogen-bond acceptors (Lipinski definition) is 4. The van der Waals surface area contributed by atoms with Crippen molar-refractivity contribution in [3.8, 4) is 0 Å². The Hall–Kier alpha value is -1.56. The quantitative estimate of drug-likeness (QED) is 0.672. The van der Waals surface area contributed by atoms with E-state index in [0.717, 1.165) is 11.1 Å². The fourth-order valence-corrected chi connectivity index (χ4v) is 1.80. The maximum absolute atomic E-state index is 10.9. The van der Waals surface area contributed by atoms with Crippen LogP contribution >= 0.6 is 24.8 Å². The van der Waals surface area contributed by atoms with Gasteiger partial charge in [0.15, 0.2) is 0 Å². The molecular weight excluding hydrogens is 289 g/mol. The lowest BCUT2D eigenvalue weighted by atomic mass is 10.1. The van der Waals surface area contributed by atoms with Crippen molar-refractivity contribution in [2.45, 2.75) is 0 Å². The number of rotatable bonds is 4. The number of nitro benzene ring substituents is 1. The largest absolute Gasteiger partial charge is 0.383 e. The summed E-state index contributed by atoms with van der Waals surface area (Å²) in [4.78, 5) is 10.5. The second kappa shape index (κ2) is 7.78. The van der Waals surface area contributed by atoms with Crippen molar-refractivity contribution in [2.75, 3.05) is 18.4 Å². The van der Waals surface area contributed by atoms with Crippen LogP contribution in [0.25, 0.3) is 10.8 Å². The lowest BCUT2D eigenvalue weighted by molar-refractivity contribution is -0.383. The fraction of sp³-hybridized carbons (Fsp3) is 0.167. The summed E-state index contributed by atoms with van der Waals surface area (Å²) >= 11 is 0. The number of benzene rings is 2. The van der Waals surface area contributed by atoms with Gasteiger partial charge in [0.2, 0.25) is 0 Å². The third kappa shape index (κ3) is 3.70. The predicted octanol–water partition coefficient (Wildman–Crippen LogP) is 2.96. The number of non-ortho nitro benzene ring substituents is 1. The first-order valence-corrected chi connectivity index (χ1v) is 5.34. The molecular formula is C12H15Cl2N3O2. The highest BCUT2D eigenvalue weighted by atomic mass is 35.5. The molecule has 0 heterocycles. The maximum atomic E-state index is 10.9. The van der Waals surface area contributed by atoms with Crippen molar-refractivity contribution in [3.63, 3.8) is 0 Å². The number of fused-ring (bicyclic) bond motifs is 1. The first kappa shape index (κ1) is 17.4. The Bertz CT molecular complexity index is 564. The molecule has 2 aromatic rings. The van der Waals surface area contributed by atoms with E-state index in [0.29, 0.717) is 18.5 Å². The Morgan fingerprint density at radius 1 is 1.11 bits per heavy atom. The van der Waals surface area contributed by atoms with Crippen LogP contribution in [-0.2, 0) is 0 Å². The number of nitrogens with two attached hydrogens (primary N) is 1. The molecule has 104 valence electrons. The number of nitro groups is 1. The van der Waals surface area contributed by atoms with Crippen molar-refractivity contribution < 1.29 is 4.92 Å². The molecule has 5 nitrogen and oxygen atoms in total. The van der Waals surface area contributed by atoms with Crippen molar-refractivity contribution in [1.29, 1.82) is 0 Å². The SMILES string of the molecule is Cl.Cl.NCCNc1ccc([N+](=O)[O-])c2ccccc12. The van der Waals surface area contributed by atoms with Crippen LogP contribution in [0.15, 0.2) is 36.4 Å². The van der Waals surface area contributed by atoms with Crippen molar-refractivity contribution in [1.82, 2.24) is 0 Å². The zero-order valence-electron chi connectivity index (χ0n) is 10.0. The third-order valence-electron chi connectivity index (χ3n) is 2.56. The van der Waals surface area contributed by atoms with Gasteiger partial charge < -0.3 is 11.1 Å². The van der Waals surface area contributed by atoms with E-state index in [-0.39, 0.29) is 35.4 Å². The van der Waals surface area contributed by atoms with Gasteiger partial charge in [0.05, 0.1) is 10.3 Å². The Morgan fingerprint density at radius 2 is 1.74 bits per heavy atom. The van der Waals surface area contributed by atoms with E-state index in [2.05, 4.69) is 5.32 Å². The van der Waals surface area contributed by atoms with Gasteiger partial charge in [0.1, 0.15) is 0 Å². The second-order valence-corrected chi connectivity index (χ2v) is 3.65. The molecule has 2 aromatic carbocycles. The minimum Gasteiger partial charge on any atom is -0.383 e. The molecule has 0 atom stereocenters. The Labute approximate surface area is 123 Å². The molecule has 0 fully saturated rings. The summed E-state index contributed by atoms with van der Waals surface area (Å²) in [6.07, 6.45) is 0.